The van der Waals surface area contributed by atoms with E-state index in [9.17, 15) is 76.7 Å². The fourth-order valence-corrected chi connectivity index (χ4v) is 30.0. The van der Waals surface area contributed by atoms with E-state index < -0.39 is 45.5 Å². The molecule has 0 N–H and O–H groups in total. The van der Waals surface area contributed by atoms with Crippen LogP contribution >= 0.6 is 0 Å². The van der Waals surface area contributed by atoms with Crippen molar-refractivity contribution in [3.05, 3.63) is 117 Å². The molecule has 0 aromatic heterocycles. The molecule has 16 aliphatic carbocycles. The molecular formula is C112H148O20. The molecule has 8 saturated carbocycles. The number of carbonyl (C=O) groups is 16. The molecular weight excluding hydrogens is 1670 g/mol. The monoisotopic (exact) mass is 1810 g/mol. The van der Waals surface area contributed by atoms with Crippen LogP contribution in [0.3, 0.4) is 0 Å². The van der Waals surface area contributed by atoms with Crippen LogP contribution < -0.4 is 0 Å². The smallest absolute Gasteiger partial charge is 0.306 e. The van der Waals surface area contributed by atoms with Gasteiger partial charge in [0.05, 0.1) is 25.7 Å². The molecule has 0 aromatic rings. The van der Waals surface area contributed by atoms with Crippen molar-refractivity contribution >= 4 is 93.3 Å². The molecule has 8 unspecified atom stereocenters. The molecule has 0 aliphatic heterocycles. The predicted octanol–water partition coefficient (Wildman–Crippen LogP) is 20.2. The number of fused-ring (bicyclic) bond motifs is 20. The summed E-state index contributed by atoms with van der Waals surface area (Å²) in [7, 11) is 0. The van der Waals surface area contributed by atoms with E-state index in [1.807, 2.05) is 24.3 Å². The molecule has 0 aromatic carbocycles. The molecule has 132 heavy (non-hydrogen) atoms. The average molecular weight is 1810 g/mol. The summed E-state index contributed by atoms with van der Waals surface area (Å²) in [5.74, 6) is 2.42. The van der Waals surface area contributed by atoms with Gasteiger partial charge in [0.15, 0.2) is 72.7 Å². The van der Waals surface area contributed by atoms with Crippen LogP contribution in [0.2, 0.25) is 0 Å². The van der Waals surface area contributed by atoms with Gasteiger partial charge in [-0.05, 0) is 286 Å². The summed E-state index contributed by atoms with van der Waals surface area (Å²) >= 11 is 0. The van der Waals surface area contributed by atoms with Crippen LogP contribution in [0.5, 0.6) is 0 Å². The third-order valence-corrected chi connectivity index (χ3v) is 39.7. The first-order valence-electron chi connectivity index (χ1n) is 49.6. The Hall–Kier alpha value is -8.68. The number of rotatable bonds is 24. The number of hydrogen-bond acceptors (Lipinski definition) is 20. The van der Waals surface area contributed by atoms with E-state index in [0.29, 0.717) is 60.2 Å². The molecule has 8 fully saturated rings. The van der Waals surface area contributed by atoms with E-state index in [0.717, 1.165) is 116 Å². The Labute approximate surface area is 782 Å². The number of hydrogen-bond donors (Lipinski definition) is 0. The molecule has 0 saturated heterocycles. The second-order valence-electron chi connectivity index (χ2n) is 45.8. The molecule has 16 rings (SSSR count). The lowest BCUT2D eigenvalue weighted by Crippen LogP contribution is -2.51. The Kier molecular flexibility index (Phi) is 28.6. The number of carbonyl (C=O) groups excluding carboxylic acids is 16. The fraction of sp³-hybridized carbons (Fsp3) is 0.679. The Bertz CT molecular complexity index is 4840. The first-order chi connectivity index (χ1) is 61.7. The fourth-order valence-electron chi connectivity index (χ4n) is 30.0. The van der Waals surface area contributed by atoms with Gasteiger partial charge in [-0.1, -0.05) is 178 Å². The van der Waals surface area contributed by atoms with Gasteiger partial charge in [0.2, 0.25) is 0 Å². The molecule has 0 heterocycles. The van der Waals surface area contributed by atoms with Crippen LogP contribution in [-0.4, -0.2) is 120 Å². The van der Waals surface area contributed by atoms with Gasteiger partial charge >= 0.3 is 23.9 Å². The van der Waals surface area contributed by atoms with Crippen molar-refractivity contribution in [2.75, 3.05) is 26.4 Å². The van der Waals surface area contributed by atoms with Gasteiger partial charge in [-0.2, -0.15) is 0 Å². The van der Waals surface area contributed by atoms with Gasteiger partial charge in [0, 0.05) is 81.8 Å². The number of ether oxygens (including phenoxy) is 4. The second kappa shape index (κ2) is 37.4. The van der Waals surface area contributed by atoms with E-state index in [1.54, 1.807) is 12.2 Å². The maximum absolute atomic E-state index is 13.6. The average Bonchev–Trinajstić information content (AvgIpc) is 1.52. The van der Waals surface area contributed by atoms with Crippen molar-refractivity contribution in [3.63, 3.8) is 0 Å². The first-order valence-corrected chi connectivity index (χ1v) is 49.6. The lowest BCUT2D eigenvalue weighted by Gasteiger charge is -2.55. The van der Waals surface area contributed by atoms with Gasteiger partial charge < -0.3 is 38.1 Å². The zero-order valence-corrected chi connectivity index (χ0v) is 82.6. The van der Waals surface area contributed by atoms with E-state index in [-0.39, 0.29) is 214 Å². The van der Waals surface area contributed by atoms with Crippen LogP contribution in [0.25, 0.3) is 0 Å². The normalized spacial score (nSPS) is 39.3. The van der Waals surface area contributed by atoms with Crippen molar-refractivity contribution in [1.82, 2.24) is 0 Å². The highest BCUT2D eigenvalue weighted by Gasteiger charge is 2.71. The summed E-state index contributed by atoms with van der Waals surface area (Å²) in [4.78, 5) is 195. The SMILES string of the molecule is CC(=O)CCC(=O)OCC(=O)[C@@]1(C)[C@@H](C)CC2C3CCC4=CC(=O)C=C[C@]4(C)C3=CC[C@@]21C.CC(=O)CCC(=O)OCC(=O)[C@@]1(C)[C@@H](C)CC2C3CCC4=CC(=O)CC[C@]4(C)C3=CC[C@@]21C.CC(=O)CCC(=O)OCC(=O)[C@@]1(C)[C@H](C)CC2C3CCC4=CC(=O)C=C[C@]4(C)C3=CC[C@@]21C.CC(=O)CCC(=O)OCC(=O)[C@@]1(C)[C@H](C)CC2C3CCC4=CC(=O)CC[C@]4(C)C3=CC[C@@]21C. The minimum Gasteiger partial charge on any atom is -0.458 e. The molecule has 716 valence electrons. The zero-order chi connectivity index (χ0) is 96.7. The standard InChI is InChI=1S/2C28H38O5.2C28H36O5/c4*1-17-14-23-21-8-7-19-15-20(30)10-12-26(19,3)22(21)11-13-27(23,4)28(17,5)24(31)16-33-25(32)9-6-18(2)29/h2*11,15,17,21,23H,6-10,12-14,16H2,1-5H3;2*10-12,15,17,21,23H,6-9,13-14,16H2,1-5H3/t17-,21?,23?,26+,27+,28-;17-,21?,23?,26-,27-,28+;17-,21?,23?,26+,27+,28-;17-,21?,23?,26-,27-,28+/m1010/s1. The highest BCUT2D eigenvalue weighted by Crippen LogP contribution is 2.75. The van der Waals surface area contributed by atoms with Crippen LogP contribution in [0.4, 0.5) is 0 Å². The van der Waals surface area contributed by atoms with E-state index in [1.165, 1.54) is 72.3 Å². The predicted molar refractivity (Wildman–Crippen MR) is 501 cm³/mol. The van der Waals surface area contributed by atoms with Crippen LogP contribution in [0, 0.1) is 136 Å². The molecule has 16 aliphatic rings. The van der Waals surface area contributed by atoms with Crippen molar-refractivity contribution in [2.24, 2.45) is 136 Å². The highest BCUT2D eigenvalue weighted by molar-refractivity contribution is 6.02. The Morgan fingerprint density at radius 3 is 0.795 bits per heavy atom. The molecule has 0 radical (unpaired) electrons. The molecule has 0 bridgehead atoms. The molecule has 24 atom stereocenters. The van der Waals surface area contributed by atoms with Gasteiger partial charge in [-0.15, -0.1) is 0 Å². The van der Waals surface area contributed by atoms with Crippen molar-refractivity contribution < 1.29 is 95.7 Å². The number of esters is 4. The lowest BCUT2D eigenvalue weighted by atomic mass is 9.48. The van der Waals surface area contributed by atoms with Crippen molar-refractivity contribution in [2.45, 2.75) is 318 Å². The summed E-state index contributed by atoms with van der Waals surface area (Å²) in [6, 6.07) is 0. The minimum atomic E-state index is -0.587. The van der Waals surface area contributed by atoms with Gasteiger partial charge in [-0.25, -0.2) is 0 Å². The summed E-state index contributed by atoms with van der Waals surface area (Å²) in [5, 5.41) is 0. The van der Waals surface area contributed by atoms with Gasteiger partial charge in [0.25, 0.3) is 0 Å². The third kappa shape index (κ3) is 17.2. The number of Topliss-reactive ketones (excluding diaryl/α,β-unsaturated/α-hetero) is 8. The molecule has 20 nitrogen and oxygen atoms in total. The number of ketones is 12. The van der Waals surface area contributed by atoms with Crippen LogP contribution in [0.15, 0.2) is 117 Å². The first kappa shape index (κ1) is 101. The largest absolute Gasteiger partial charge is 0.458 e. The summed E-state index contributed by atoms with van der Waals surface area (Å²) in [5.41, 5.74) is 7.28. The maximum Gasteiger partial charge on any atom is 0.306 e. The Morgan fingerprint density at radius 1 is 0.311 bits per heavy atom. The van der Waals surface area contributed by atoms with Crippen molar-refractivity contribution in [3.8, 4) is 0 Å². The summed E-state index contributed by atoms with van der Waals surface area (Å²) in [6.07, 6.45) is 43.2. The van der Waals surface area contributed by atoms with Gasteiger partial charge in [-0.3, -0.25) is 57.5 Å². The Morgan fingerprint density at radius 2 is 0.545 bits per heavy atom. The van der Waals surface area contributed by atoms with E-state index in [4.69, 9.17) is 18.9 Å². The summed E-state index contributed by atoms with van der Waals surface area (Å²) < 4.78 is 21.2. The van der Waals surface area contributed by atoms with Crippen LogP contribution in [-0.2, 0) is 95.7 Å². The summed E-state index contributed by atoms with van der Waals surface area (Å²) in [6.45, 7) is 40.0. The highest BCUT2D eigenvalue weighted by atomic mass is 16.5. The van der Waals surface area contributed by atoms with Gasteiger partial charge in [0.1, 0.15) is 23.1 Å². The van der Waals surface area contributed by atoms with Crippen molar-refractivity contribution in [1.29, 1.82) is 0 Å². The molecule has 20 heteroatoms. The van der Waals surface area contributed by atoms with Crippen LogP contribution in [0.1, 0.15) is 318 Å². The third-order valence-electron chi connectivity index (χ3n) is 39.7. The maximum atomic E-state index is 13.6. The molecule has 0 spiro atoms. The quantitative estimate of drug-likeness (QED) is 0.0492. The zero-order valence-electron chi connectivity index (χ0n) is 82.6. The molecule has 0 amide bonds. The Balaban J connectivity index is 0.000000150. The van der Waals surface area contributed by atoms with E-state index >= 15 is 0 Å². The number of allylic oxidation sites excluding steroid dienone is 20. The minimum absolute atomic E-state index is 0.00102. The van der Waals surface area contributed by atoms with E-state index in [2.05, 4.69) is 147 Å². The second-order valence-corrected chi connectivity index (χ2v) is 45.8. The topological polar surface area (TPSA) is 310 Å². The lowest BCUT2D eigenvalue weighted by molar-refractivity contribution is -0.155.